The summed E-state index contributed by atoms with van der Waals surface area (Å²) in [5.74, 6) is 0.518. The highest BCUT2D eigenvalue weighted by molar-refractivity contribution is 5.75. The van der Waals surface area contributed by atoms with E-state index in [-0.39, 0.29) is 5.78 Å². The lowest BCUT2D eigenvalue weighted by atomic mass is 10.4. The summed E-state index contributed by atoms with van der Waals surface area (Å²) in [5.41, 5.74) is 5.31. The first-order valence-corrected chi connectivity index (χ1v) is 2.97. The highest BCUT2D eigenvalue weighted by Gasteiger charge is 1.96. The van der Waals surface area contributed by atoms with Gasteiger partial charge in [-0.25, -0.2) is 0 Å². The van der Waals surface area contributed by atoms with Crippen LogP contribution in [-0.4, -0.2) is 15.6 Å². The van der Waals surface area contributed by atoms with Gasteiger partial charge in [0, 0.05) is 6.20 Å². The average Bonchev–Trinajstić information content (AvgIpc) is 2.13. The van der Waals surface area contributed by atoms with Gasteiger partial charge in [0.05, 0.1) is 6.54 Å². The molecule has 0 spiro atoms. The summed E-state index contributed by atoms with van der Waals surface area (Å²) in [6.07, 6.45) is 1.68. The average molecular weight is 139 g/mol. The van der Waals surface area contributed by atoms with Gasteiger partial charge in [0.15, 0.2) is 5.78 Å². The van der Waals surface area contributed by atoms with Crippen molar-refractivity contribution in [2.75, 3.05) is 5.73 Å². The maximum absolute atomic E-state index is 10.5. The van der Waals surface area contributed by atoms with Crippen LogP contribution in [0.2, 0.25) is 0 Å². The molecule has 0 unspecified atom stereocenters. The number of Topliss-reactive ketones (excluding diaryl/α,β-unsaturated/α-hetero) is 1. The Labute approximate surface area is 58.6 Å². The number of nitrogens with zero attached hydrogens (tertiary/aromatic N) is 2. The van der Waals surface area contributed by atoms with Crippen LogP contribution in [0.25, 0.3) is 0 Å². The second-order valence-electron chi connectivity index (χ2n) is 2.14. The maximum Gasteiger partial charge on any atom is 0.151 e. The third-order valence-corrected chi connectivity index (χ3v) is 1.05. The van der Waals surface area contributed by atoms with Crippen molar-refractivity contribution in [3.05, 3.63) is 12.3 Å². The molecule has 0 saturated carbocycles. The van der Waals surface area contributed by atoms with E-state index in [1.807, 2.05) is 0 Å². The molecular weight excluding hydrogens is 130 g/mol. The highest BCUT2D eigenvalue weighted by Crippen LogP contribution is 1.94. The molecule has 4 heteroatoms. The van der Waals surface area contributed by atoms with Crippen molar-refractivity contribution in [1.82, 2.24) is 9.78 Å². The molecule has 1 aromatic rings. The Morgan fingerprint density at radius 3 is 3.00 bits per heavy atom. The summed E-state index contributed by atoms with van der Waals surface area (Å²) in [6.45, 7) is 1.81. The molecule has 0 bridgehead atoms. The van der Waals surface area contributed by atoms with E-state index in [9.17, 15) is 4.79 Å². The minimum absolute atomic E-state index is 0.0723. The van der Waals surface area contributed by atoms with Crippen molar-refractivity contribution in [1.29, 1.82) is 0 Å². The molecule has 10 heavy (non-hydrogen) atoms. The SMILES string of the molecule is CC(=O)Cn1ccc(N)n1. The molecule has 4 nitrogen and oxygen atoms in total. The number of rotatable bonds is 2. The van der Waals surface area contributed by atoms with Crippen LogP contribution in [0, 0.1) is 0 Å². The predicted molar refractivity (Wildman–Crippen MR) is 37.3 cm³/mol. The van der Waals surface area contributed by atoms with E-state index >= 15 is 0 Å². The topological polar surface area (TPSA) is 60.9 Å². The molecule has 1 heterocycles. The number of hydrogen-bond acceptors (Lipinski definition) is 3. The zero-order valence-corrected chi connectivity index (χ0v) is 5.74. The minimum Gasteiger partial charge on any atom is -0.382 e. The van der Waals surface area contributed by atoms with Gasteiger partial charge in [0.25, 0.3) is 0 Å². The fraction of sp³-hybridized carbons (Fsp3) is 0.333. The van der Waals surface area contributed by atoms with Crippen LogP contribution in [0.1, 0.15) is 6.92 Å². The molecule has 0 aliphatic rings. The van der Waals surface area contributed by atoms with E-state index in [1.165, 1.54) is 11.6 Å². The van der Waals surface area contributed by atoms with E-state index in [0.717, 1.165) is 0 Å². The second kappa shape index (κ2) is 2.51. The molecule has 0 radical (unpaired) electrons. The van der Waals surface area contributed by atoms with Crippen LogP contribution in [0.4, 0.5) is 5.82 Å². The molecule has 2 N–H and O–H groups in total. The second-order valence-corrected chi connectivity index (χ2v) is 2.14. The smallest absolute Gasteiger partial charge is 0.151 e. The van der Waals surface area contributed by atoms with Crippen molar-refractivity contribution in [3.8, 4) is 0 Å². The fourth-order valence-electron chi connectivity index (χ4n) is 0.694. The third-order valence-electron chi connectivity index (χ3n) is 1.05. The summed E-state index contributed by atoms with van der Waals surface area (Å²) >= 11 is 0. The van der Waals surface area contributed by atoms with Crippen LogP contribution in [0.3, 0.4) is 0 Å². The molecule has 0 atom stereocenters. The van der Waals surface area contributed by atoms with Gasteiger partial charge in [-0.3, -0.25) is 9.48 Å². The predicted octanol–water partition coefficient (Wildman–Crippen LogP) is 0.0543. The van der Waals surface area contributed by atoms with E-state index < -0.39 is 0 Å². The first-order chi connectivity index (χ1) is 4.68. The lowest BCUT2D eigenvalue weighted by Crippen LogP contribution is -2.06. The summed E-state index contributed by atoms with van der Waals surface area (Å²) in [6, 6.07) is 1.66. The number of hydrogen-bond donors (Lipinski definition) is 1. The molecular formula is C6H9N3O. The monoisotopic (exact) mass is 139 g/mol. The van der Waals surface area contributed by atoms with Gasteiger partial charge >= 0.3 is 0 Å². The van der Waals surface area contributed by atoms with Crippen molar-refractivity contribution < 1.29 is 4.79 Å². The largest absolute Gasteiger partial charge is 0.382 e. The Morgan fingerprint density at radius 1 is 1.90 bits per heavy atom. The zero-order valence-electron chi connectivity index (χ0n) is 5.74. The van der Waals surface area contributed by atoms with Crippen LogP contribution in [0.15, 0.2) is 12.3 Å². The van der Waals surface area contributed by atoms with Crippen molar-refractivity contribution in [3.63, 3.8) is 0 Å². The molecule has 0 aliphatic carbocycles. The number of nitrogen functional groups attached to an aromatic ring is 1. The Kier molecular flexibility index (Phi) is 1.71. The van der Waals surface area contributed by atoms with Gasteiger partial charge in [-0.2, -0.15) is 5.10 Å². The molecule has 0 amide bonds. The van der Waals surface area contributed by atoms with Gasteiger partial charge in [-0.05, 0) is 13.0 Å². The number of carbonyl (C=O) groups is 1. The molecule has 1 rings (SSSR count). The van der Waals surface area contributed by atoms with E-state index in [2.05, 4.69) is 5.10 Å². The molecule has 54 valence electrons. The van der Waals surface area contributed by atoms with Crippen LogP contribution < -0.4 is 5.73 Å². The van der Waals surface area contributed by atoms with Gasteiger partial charge in [0.2, 0.25) is 0 Å². The lowest BCUT2D eigenvalue weighted by Gasteiger charge is -1.93. The van der Waals surface area contributed by atoms with Crippen molar-refractivity contribution >= 4 is 11.6 Å². The molecule has 0 saturated heterocycles. The number of ketones is 1. The fourth-order valence-corrected chi connectivity index (χ4v) is 0.694. The summed E-state index contributed by atoms with van der Waals surface area (Å²) in [5, 5.41) is 3.82. The maximum atomic E-state index is 10.5. The Bertz CT molecular complexity index is 241. The van der Waals surface area contributed by atoms with Gasteiger partial charge in [0.1, 0.15) is 5.82 Å². The molecule has 0 fully saturated rings. The van der Waals surface area contributed by atoms with Crippen LogP contribution >= 0.6 is 0 Å². The zero-order chi connectivity index (χ0) is 7.56. The van der Waals surface area contributed by atoms with E-state index in [4.69, 9.17) is 5.73 Å². The van der Waals surface area contributed by atoms with Gasteiger partial charge in [-0.15, -0.1) is 0 Å². The van der Waals surface area contributed by atoms with Crippen molar-refractivity contribution in [2.45, 2.75) is 13.5 Å². The summed E-state index contributed by atoms with van der Waals surface area (Å²) in [4.78, 5) is 10.5. The third kappa shape index (κ3) is 1.58. The Hall–Kier alpha value is -1.32. The summed E-state index contributed by atoms with van der Waals surface area (Å²) < 4.78 is 1.51. The normalized spacial score (nSPS) is 9.70. The van der Waals surface area contributed by atoms with Gasteiger partial charge < -0.3 is 5.73 Å². The molecule has 0 aromatic carbocycles. The Balaban J connectivity index is 2.67. The van der Waals surface area contributed by atoms with Gasteiger partial charge in [-0.1, -0.05) is 0 Å². The lowest BCUT2D eigenvalue weighted by molar-refractivity contribution is -0.117. The number of aromatic nitrogens is 2. The summed E-state index contributed by atoms with van der Waals surface area (Å²) in [7, 11) is 0. The van der Waals surface area contributed by atoms with E-state index in [0.29, 0.717) is 12.4 Å². The quantitative estimate of drug-likeness (QED) is 0.630. The number of anilines is 1. The minimum atomic E-state index is 0.0723. The highest BCUT2D eigenvalue weighted by atomic mass is 16.1. The number of nitrogens with two attached hydrogens (primary N) is 1. The molecule has 1 aromatic heterocycles. The Morgan fingerprint density at radius 2 is 2.60 bits per heavy atom. The first-order valence-electron chi connectivity index (χ1n) is 2.97. The van der Waals surface area contributed by atoms with Crippen LogP contribution in [-0.2, 0) is 11.3 Å². The van der Waals surface area contributed by atoms with Crippen molar-refractivity contribution in [2.24, 2.45) is 0 Å². The van der Waals surface area contributed by atoms with E-state index in [1.54, 1.807) is 12.3 Å². The van der Waals surface area contributed by atoms with Crippen LogP contribution in [0.5, 0.6) is 0 Å². The standard InChI is InChI=1S/C6H9N3O/c1-5(10)4-9-3-2-6(7)8-9/h2-3H,4H2,1H3,(H2,7,8). The number of carbonyl (C=O) groups excluding carboxylic acids is 1. The molecule has 0 aliphatic heterocycles. The first kappa shape index (κ1) is 6.80.